The van der Waals surface area contributed by atoms with Crippen molar-refractivity contribution in [3.8, 4) is 0 Å². The van der Waals surface area contributed by atoms with Crippen LogP contribution in [0.15, 0.2) is 24.3 Å². The van der Waals surface area contributed by atoms with Crippen LogP contribution in [-0.4, -0.2) is 35.6 Å². The molecule has 0 heterocycles. The maximum Gasteiger partial charge on any atom is 0.416 e. The number of likely N-dealkylation sites (N-methyl/N-ethyl adjacent to an activating group) is 1. The van der Waals surface area contributed by atoms with Crippen molar-refractivity contribution < 1.29 is 23.1 Å². The number of carboxylic acids is 1. The molecule has 19 heavy (non-hydrogen) atoms. The number of alkyl halides is 3. The summed E-state index contributed by atoms with van der Waals surface area (Å²) in [6.45, 7) is 1.41. The monoisotopic (exact) mass is 275 g/mol. The van der Waals surface area contributed by atoms with Crippen LogP contribution in [-0.2, 0) is 17.4 Å². The molecular weight excluding hydrogens is 259 g/mol. The third-order valence-corrected chi connectivity index (χ3v) is 3.31. The summed E-state index contributed by atoms with van der Waals surface area (Å²) >= 11 is 0. The highest BCUT2D eigenvalue weighted by molar-refractivity contribution is 5.78. The Morgan fingerprint density at radius 2 is 1.79 bits per heavy atom. The van der Waals surface area contributed by atoms with Crippen LogP contribution in [0.4, 0.5) is 13.2 Å². The van der Waals surface area contributed by atoms with Crippen LogP contribution in [0.3, 0.4) is 0 Å². The highest BCUT2D eigenvalue weighted by Crippen LogP contribution is 2.34. The molecule has 0 aliphatic heterocycles. The molecule has 0 aliphatic rings. The van der Waals surface area contributed by atoms with Gasteiger partial charge in [-0.05, 0) is 32.6 Å². The Morgan fingerprint density at radius 1 is 1.26 bits per heavy atom. The molecule has 1 aromatic rings. The van der Waals surface area contributed by atoms with Gasteiger partial charge in [0.1, 0.15) is 5.54 Å². The fraction of sp³-hybridized carbons (Fsp3) is 0.462. The van der Waals surface area contributed by atoms with Crippen molar-refractivity contribution >= 4 is 5.97 Å². The van der Waals surface area contributed by atoms with Crippen LogP contribution in [0.25, 0.3) is 0 Å². The summed E-state index contributed by atoms with van der Waals surface area (Å²) in [5.74, 6) is -1.16. The van der Waals surface area contributed by atoms with Crippen molar-refractivity contribution in [3.63, 3.8) is 0 Å². The van der Waals surface area contributed by atoms with Crippen molar-refractivity contribution in [1.29, 1.82) is 0 Å². The Labute approximate surface area is 109 Å². The van der Waals surface area contributed by atoms with E-state index in [1.165, 1.54) is 44.1 Å². The maximum atomic E-state index is 12.9. The smallest absolute Gasteiger partial charge is 0.416 e. The van der Waals surface area contributed by atoms with E-state index in [0.29, 0.717) is 0 Å². The van der Waals surface area contributed by atoms with E-state index < -0.39 is 23.2 Å². The predicted molar refractivity (Wildman–Crippen MR) is 64.9 cm³/mol. The predicted octanol–water partition coefficient (Wildman–Crippen LogP) is 2.65. The zero-order chi connectivity index (χ0) is 14.8. The molecule has 0 fully saturated rings. The zero-order valence-corrected chi connectivity index (χ0v) is 11.0. The summed E-state index contributed by atoms with van der Waals surface area (Å²) < 4.78 is 38.6. The lowest BCUT2D eigenvalue weighted by Gasteiger charge is -2.33. The molecule has 1 N–H and O–H groups in total. The normalized spacial score (nSPS) is 15.3. The van der Waals surface area contributed by atoms with E-state index in [2.05, 4.69) is 0 Å². The fourth-order valence-corrected chi connectivity index (χ4v) is 1.75. The molecule has 6 heteroatoms. The quantitative estimate of drug-likeness (QED) is 0.918. The van der Waals surface area contributed by atoms with Gasteiger partial charge in [-0.1, -0.05) is 18.2 Å². The molecule has 0 bridgehead atoms. The molecule has 0 amide bonds. The van der Waals surface area contributed by atoms with E-state index in [-0.39, 0.29) is 12.0 Å². The van der Waals surface area contributed by atoms with Crippen LogP contribution >= 0.6 is 0 Å². The average molecular weight is 275 g/mol. The summed E-state index contributed by atoms with van der Waals surface area (Å²) in [7, 11) is 3.06. The topological polar surface area (TPSA) is 40.5 Å². The van der Waals surface area contributed by atoms with Gasteiger partial charge in [0, 0.05) is 6.42 Å². The largest absolute Gasteiger partial charge is 0.480 e. The van der Waals surface area contributed by atoms with Gasteiger partial charge in [-0.25, -0.2) is 0 Å². The van der Waals surface area contributed by atoms with Crippen LogP contribution < -0.4 is 0 Å². The fourth-order valence-electron chi connectivity index (χ4n) is 1.75. The number of aliphatic carboxylic acids is 1. The molecule has 106 valence electrons. The molecule has 0 radical (unpaired) electrons. The van der Waals surface area contributed by atoms with Gasteiger partial charge in [0.15, 0.2) is 0 Å². The Morgan fingerprint density at radius 3 is 2.21 bits per heavy atom. The van der Waals surface area contributed by atoms with E-state index in [9.17, 15) is 23.1 Å². The summed E-state index contributed by atoms with van der Waals surface area (Å²) in [6, 6.07) is 5.05. The second-order valence-electron chi connectivity index (χ2n) is 4.81. The van der Waals surface area contributed by atoms with Gasteiger partial charge in [-0.3, -0.25) is 9.69 Å². The second-order valence-corrected chi connectivity index (χ2v) is 4.81. The Balaban J connectivity index is 3.22. The Hall–Kier alpha value is -1.56. The first-order chi connectivity index (χ1) is 8.59. The van der Waals surface area contributed by atoms with Gasteiger partial charge in [0.2, 0.25) is 0 Å². The third-order valence-electron chi connectivity index (χ3n) is 3.31. The number of carboxylic acid groups (broad SMARTS) is 1. The van der Waals surface area contributed by atoms with Crippen molar-refractivity contribution in [3.05, 3.63) is 35.4 Å². The second kappa shape index (κ2) is 5.21. The molecule has 1 rings (SSSR count). The lowest BCUT2D eigenvalue weighted by Crippen LogP contribution is -2.50. The van der Waals surface area contributed by atoms with Gasteiger partial charge in [0.25, 0.3) is 0 Å². The molecule has 0 spiro atoms. The lowest BCUT2D eigenvalue weighted by atomic mass is 9.89. The van der Waals surface area contributed by atoms with E-state index >= 15 is 0 Å². The van der Waals surface area contributed by atoms with E-state index in [4.69, 9.17) is 0 Å². The van der Waals surface area contributed by atoms with Crippen molar-refractivity contribution in [2.75, 3.05) is 14.1 Å². The summed E-state index contributed by atoms with van der Waals surface area (Å²) in [5.41, 5.74) is -2.20. The highest BCUT2D eigenvalue weighted by atomic mass is 19.4. The third kappa shape index (κ3) is 3.26. The van der Waals surface area contributed by atoms with Crippen LogP contribution in [0.1, 0.15) is 18.1 Å². The van der Waals surface area contributed by atoms with Crippen molar-refractivity contribution in [2.24, 2.45) is 0 Å². The number of hydrogen-bond donors (Lipinski definition) is 1. The number of nitrogens with zero attached hydrogens (tertiary/aromatic N) is 1. The lowest BCUT2D eigenvalue weighted by molar-refractivity contribution is -0.149. The van der Waals surface area contributed by atoms with Crippen LogP contribution in [0, 0.1) is 0 Å². The Kier molecular flexibility index (Phi) is 4.25. The number of hydrogen-bond acceptors (Lipinski definition) is 2. The average Bonchev–Trinajstić information content (AvgIpc) is 2.27. The SMILES string of the molecule is CN(C)C(C)(Cc1ccccc1C(F)(F)F)C(=O)O. The molecule has 0 saturated heterocycles. The summed E-state index contributed by atoms with van der Waals surface area (Å²) in [6.07, 6.45) is -4.70. The van der Waals surface area contributed by atoms with E-state index in [0.717, 1.165) is 6.07 Å². The number of carbonyl (C=O) groups is 1. The zero-order valence-electron chi connectivity index (χ0n) is 11.0. The first-order valence-electron chi connectivity index (χ1n) is 5.65. The van der Waals surface area contributed by atoms with Gasteiger partial charge in [-0.15, -0.1) is 0 Å². The number of halogens is 3. The van der Waals surface area contributed by atoms with E-state index in [1.807, 2.05) is 0 Å². The number of benzene rings is 1. The Bertz CT molecular complexity index is 471. The molecule has 1 aromatic carbocycles. The van der Waals surface area contributed by atoms with Crippen LogP contribution in [0.5, 0.6) is 0 Å². The van der Waals surface area contributed by atoms with Gasteiger partial charge < -0.3 is 5.11 Å². The van der Waals surface area contributed by atoms with Crippen molar-refractivity contribution in [2.45, 2.75) is 25.1 Å². The molecular formula is C13H16F3NO2. The molecule has 0 saturated carbocycles. The van der Waals surface area contributed by atoms with Gasteiger partial charge in [-0.2, -0.15) is 13.2 Å². The number of rotatable bonds is 4. The molecule has 0 aromatic heterocycles. The molecule has 1 unspecified atom stereocenters. The molecule has 0 aliphatic carbocycles. The summed E-state index contributed by atoms with van der Waals surface area (Å²) in [4.78, 5) is 12.7. The van der Waals surface area contributed by atoms with Gasteiger partial charge >= 0.3 is 12.1 Å². The molecule has 1 atom stereocenters. The first kappa shape index (κ1) is 15.5. The summed E-state index contributed by atoms with van der Waals surface area (Å²) in [5, 5.41) is 9.24. The molecule has 3 nitrogen and oxygen atoms in total. The minimum Gasteiger partial charge on any atom is -0.480 e. The van der Waals surface area contributed by atoms with Crippen LogP contribution in [0.2, 0.25) is 0 Å². The standard InChI is InChI=1S/C13H16F3NO2/c1-12(11(18)19,17(2)3)8-9-6-4-5-7-10(9)13(14,15)16/h4-7H,8H2,1-3H3,(H,18,19). The maximum absolute atomic E-state index is 12.9. The van der Waals surface area contributed by atoms with Gasteiger partial charge in [0.05, 0.1) is 5.56 Å². The van der Waals surface area contributed by atoms with Crippen molar-refractivity contribution in [1.82, 2.24) is 4.90 Å². The van der Waals surface area contributed by atoms with E-state index in [1.54, 1.807) is 0 Å². The highest BCUT2D eigenvalue weighted by Gasteiger charge is 2.39. The minimum atomic E-state index is -4.48. The first-order valence-corrected chi connectivity index (χ1v) is 5.65. The minimum absolute atomic E-state index is 0.0198.